The van der Waals surface area contributed by atoms with Gasteiger partial charge in [-0.1, -0.05) is 12.1 Å². The van der Waals surface area contributed by atoms with E-state index in [2.05, 4.69) is 35.2 Å². The first kappa shape index (κ1) is 22.2. The van der Waals surface area contributed by atoms with Gasteiger partial charge in [-0.2, -0.15) is 0 Å². The summed E-state index contributed by atoms with van der Waals surface area (Å²) >= 11 is 0. The van der Waals surface area contributed by atoms with E-state index in [9.17, 15) is 9.90 Å². The minimum Gasteiger partial charge on any atom is -0.497 e. The van der Waals surface area contributed by atoms with Crippen molar-refractivity contribution >= 4 is 5.97 Å². The largest absolute Gasteiger partial charge is 0.497 e. The molecule has 0 bridgehead atoms. The van der Waals surface area contributed by atoms with Gasteiger partial charge >= 0.3 is 5.97 Å². The molecule has 6 heteroatoms. The molecule has 0 amide bonds. The molecule has 0 radical (unpaired) electrons. The first-order valence-electron chi connectivity index (χ1n) is 11.9. The lowest BCUT2D eigenvalue weighted by Gasteiger charge is -2.38. The van der Waals surface area contributed by atoms with E-state index in [0.29, 0.717) is 25.7 Å². The molecule has 1 atom stereocenters. The number of methoxy groups -OCH3 is 2. The molecular formula is C27H33NO5. The molecule has 2 aliphatic heterocycles. The minimum absolute atomic E-state index is 0.209. The number of hydrogen-bond acceptors (Lipinski definition) is 5. The lowest BCUT2D eigenvalue weighted by atomic mass is 9.74. The van der Waals surface area contributed by atoms with E-state index in [-0.39, 0.29) is 5.92 Å². The Hall–Kier alpha value is -2.57. The molecule has 176 valence electrons. The number of carbonyl (C=O) groups is 1. The normalized spacial score (nSPS) is 21.9. The number of benzene rings is 2. The van der Waals surface area contributed by atoms with Crippen LogP contribution in [0.25, 0.3) is 0 Å². The van der Waals surface area contributed by atoms with Crippen LogP contribution in [0.5, 0.6) is 11.5 Å². The Bertz CT molecular complexity index is 1020. The maximum Gasteiger partial charge on any atom is 0.310 e. The Balaban J connectivity index is 1.45. The van der Waals surface area contributed by atoms with Crippen LogP contribution < -0.4 is 9.47 Å². The Kier molecular flexibility index (Phi) is 6.06. The third kappa shape index (κ3) is 4.34. The van der Waals surface area contributed by atoms with Gasteiger partial charge in [-0.15, -0.1) is 0 Å². The van der Waals surface area contributed by atoms with Crippen LogP contribution in [0.15, 0.2) is 36.4 Å². The van der Waals surface area contributed by atoms with Crippen LogP contribution in [0.2, 0.25) is 0 Å². The van der Waals surface area contributed by atoms with E-state index in [1.807, 2.05) is 6.07 Å². The van der Waals surface area contributed by atoms with Crippen LogP contribution in [0, 0.1) is 11.3 Å². The molecule has 1 unspecified atom stereocenters. The Morgan fingerprint density at radius 3 is 2.58 bits per heavy atom. The molecule has 2 heterocycles. The highest BCUT2D eigenvalue weighted by Gasteiger charge is 2.51. The predicted molar refractivity (Wildman–Crippen MR) is 125 cm³/mol. The van der Waals surface area contributed by atoms with Gasteiger partial charge in [0, 0.05) is 25.1 Å². The minimum atomic E-state index is -0.633. The molecule has 1 saturated carbocycles. The number of ether oxygens (including phenoxy) is 3. The van der Waals surface area contributed by atoms with Crippen LogP contribution in [0.4, 0.5) is 0 Å². The average Bonchev–Trinajstić information content (AvgIpc) is 3.63. The van der Waals surface area contributed by atoms with Gasteiger partial charge in [-0.25, -0.2) is 0 Å². The second-order valence-corrected chi connectivity index (χ2v) is 9.84. The molecule has 0 spiro atoms. The van der Waals surface area contributed by atoms with E-state index in [0.717, 1.165) is 55.8 Å². The quantitative estimate of drug-likeness (QED) is 0.671. The number of carboxylic acids is 1. The second-order valence-electron chi connectivity index (χ2n) is 9.84. The van der Waals surface area contributed by atoms with Gasteiger partial charge in [0.15, 0.2) is 0 Å². The topological polar surface area (TPSA) is 68.2 Å². The molecule has 33 heavy (non-hydrogen) atoms. The molecule has 6 nitrogen and oxygen atoms in total. The second kappa shape index (κ2) is 8.99. The number of rotatable bonds is 7. The molecule has 1 saturated heterocycles. The van der Waals surface area contributed by atoms with Crippen molar-refractivity contribution in [3.05, 3.63) is 58.7 Å². The van der Waals surface area contributed by atoms with Crippen molar-refractivity contribution in [3.8, 4) is 11.5 Å². The summed E-state index contributed by atoms with van der Waals surface area (Å²) in [6.07, 6.45) is 3.69. The van der Waals surface area contributed by atoms with E-state index < -0.39 is 11.4 Å². The summed E-state index contributed by atoms with van der Waals surface area (Å²) in [6.45, 7) is 3.67. The molecule has 2 fully saturated rings. The molecule has 2 aromatic carbocycles. The first-order chi connectivity index (χ1) is 16.0. The van der Waals surface area contributed by atoms with Gasteiger partial charge in [0.1, 0.15) is 18.1 Å². The maximum atomic E-state index is 11.7. The third-order valence-corrected chi connectivity index (χ3v) is 7.73. The highest BCUT2D eigenvalue weighted by atomic mass is 16.5. The van der Waals surface area contributed by atoms with Crippen LogP contribution >= 0.6 is 0 Å². The van der Waals surface area contributed by atoms with Gasteiger partial charge < -0.3 is 24.2 Å². The molecular weight excluding hydrogens is 418 g/mol. The monoisotopic (exact) mass is 451 g/mol. The fourth-order valence-electron chi connectivity index (χ4n) is 5.64. The van der Waals surface area contributed by atoms with Crippen molar-refractivity contribution in [1.29, 1.82) is 0 Å². The molecule has 2 aromatic rings. The summed E-state index contributed by atoms with van der Waals surface area (Å²) < 4.78 is 17.3. The van der Waals surface area contributed by atoms with Crippen molar-refractivity contribution in [2.24, 2.45) is 11.3 Å². The number of likely N-dealkylation sites (tertiary alicyclic amines) is 1. The number of nitrogens with zero attached hydrogens (tertiary/aromatic N) is 1. The van der Waals surface area contributed by atoms with Crippen molar-refractivity contribution in [3.63, 3.8) is 0 Å². The third-order valence-electron chi connectivity index (χ3n) is 7.73. The number of hydrogen-bond donors (Lipinski definition) is 1. The molecule has 1 N–H and O–H groups in total. The summed E-state index contributed by atoms with van der Waals surface area (Å²) in [6, 6.07) is 12.7. The van der Waals surface area contributed by atoms with Crippen LogP contribution in [0.1, 0.15) is 53.9 Å². The summed E-state index contributed by atoms with van der Waals surface area (Å²) in [7, 11) is 3.43. The molecule has 5 rings (SSSR count). The van der Waals surface area contributed by atoms with E-state index in [1.165, 1.54) is 16.7 Å². The Morgan fingerprint density at radius 1 is 1.12 bits per heavy atom. The van der Waals surface area contributed by atoms with Crippen LogP contribution in [-0.2, 0) is 22.7 Å². The van der Waals surface area contributed by atoms with Gasteiger partial charge in [-0.3, -0.25) is 4.79 Å². The summed E-state index contributed by atoms with van der Waals surface area (Å²) in [4.78, 5) is 14.0. The first-order valence-corrected chi connectivity index (χ1v) is 11.9. The summed E-state index contributed by atoms with van der Waals surface area (Å²) in [5.41, 5.74) is 4.36. The Labute approximate surface area is 195 Å². The summed E-state index contributed by atoms with van der Waals surface area (Å²) in [5, 5.41) is 9.60. The lowest BCUT2D eigenvalue weighted by molar-refractivity contribution is -0.144. The van der Waals surface area contributed by atoms with Gasteiger partial charge in [0.05, 0.1) is 19.1 Å². The average molecular weight is 452 g/mol. The van der Waals surface area contributed by atoms with E-state index >= 15 is 0 Å². The number of fused-ring (bicyclic) bond motifs is 2. The summed E-state index contributed by atoms with van der Waals surface area (Å²) in [5.74, 6) is 1.84. The number of carboxylic acid groups (broad SMARTS) is 1. The molecule has 0 aromatic heterocycles. The number of piperidine rings is 1. The smallest absolute Gasteiger partial charge is 0.310 e. The van der Waals surface area contributed by atoms with Crippen molar-refractivity contribution in [2.45, 2.75) is 44.8 Å². The van der Waals surface area contributed by atoms with E-state index in [4.69, 9.17) is 14.2 Å². The molecule has 3 aliphatic rings. The highest BCUT2D eigenvalue weighted by molar-refractivity contribution is 5.78. The highest BCUT2D eigenvalue weighted by Crippen LogP contribution is 2.49. The van der Waals surface area contributed by atoms with Crippen molar-refractivity contribution < 1.29 is 24.1 Å². The predicted octanol–water partition coefficient (Wildman–Crippen LogP) is 4.44. The van der Waals surface area contributed by atoms with Crippen molar-refractivity contribution in [2.75, 3.05) is 33.9 Å². The van der Waals surface area contributed by atoms with Crippen LogP contribution in [0.3, 0.4) is 0 Å². The number of aliphatic carboxylic acids is 1. The zero-order chi connectivity index (χ0) is 23.0. The van der Waals surface area contributed by atoms with Gasteiger partial charge in [-0.05, 0) is 85.6 Å². The fraction of sp³-hybridized carbons (Fsp3) is 0.519. The van der Waals surface area contributed by atoms with E-state index in [1.54, 1.807) is 14.2 Å². The fourth-order valence-corrected chi connectivity index (χ4v) is 5.64. The zero-order valence-corrected chi connectivity index (χ0v) is 19.5. The van der Waals surface area contributed by atoms with Crippen LogP contribution in [-0.4, -0.2) is 49.8 Å². The molecule has 1 aliphatic carbocycles. The zero-order valence-electron chi connectivity index (χ0n) is 19.5. The standard InChI is InChI=1S/C27H33NO5/c1-31-15-18-3-6-24-23(13-18)25(22-14-21(32-2)5-4-20(22)16-33-24)19-7-11-28(12-8-19)17-27(9-10-27)26(29)30/h3-6,13-14,19,25H,7-12,15-17H2,1-2H3,(H,29,30). The Morgan fingerprint density at radius 2 is 1.91 bits per heavy atom. The maximum absolute atomic E-state index is 11.7. The van der Waals surface area contributed by atoms with Crippen molar-refractivity contribution in [1.82, 2.24) is 4.90 Å². The lowest BCUT2D eigenvalue weighted by Crippen LogP contribution is -2.41. The van der Waals surface area contributed by atoms with Gasteiger partial charge in [0.2, 0.25) is 0 Å². The van der Waals surface area contributed by atoms with Gasteiger partial charge in [0.25, 0.3) is 0 Å². The SMILES string of the molecule is COCc1ccc2c(c1)C(C1CCN(CC3(C(=O)O)CC3)CC1)c1cc(OC)ccc1CO2.